The van der Waals surface area contributed by atoms with Gasteiger partial charge in [0.25, 0.3) is 0 Å². The number of aromatic nitrogens is 1. The van der Waals surface area contributed by atoms with E-state index in [-0.39, 0.29) is 5.41 Å². The van der Waals surface area contributed by atoms with Gasteiger partial charge in [0.2, 0.25) is 0 Å². The highest BCUT2D eigenvalue weighted by molar-refractivity contribution is 6.44. The van der Waals surface area contributed by atoms with E-state index in [0.717, 1.165) is 11.9 Å². The predicted octanol–water partition coefficient (Wildman–Crippen LogP) is 4.72. The van der Waals surface area contributed by atoms with Gasteiger partial charge < -0.3 is 4.42 Å². The van der Waals surface area contributed by atoms with Crippen LogP contribution in [0.15, 0.2) is 16.5 Å². The van der Waals surface area contributed by atoms with Crippen LogP contribution in [-0.2, 0) is 6.42 Å². The molecule has 0 aliphatic carbocycles. The van der Waals surface area contributed by atoms with E-state index >= 15 is 0 Å². The zero-order valence-electron chi connectivity index (χ0n) is 9.47. The minimum Gasteiger partial charge on any atom is -0.439 e. The first-order valence-corrected chi connectivity index (χ1v) is 5.86. The minimum absolute atomic E-state index is 0.136. The highest BCUT2D eigenvalue weighted by Gasteiger charge is 2.17. The van der Waals surface area contributed by atoms with Crippen molar-refractivity contribution in [3.8, 4) is 0 Å². The van der Waals surface area contributed by atoms with Crippen molar-refractivity contribution in [2.45, 2.75) is 27.2 Å². The molecule has 0 amide bonds. The second-order valence-electron chi connectivity index (χ2n) is 5.05. The SMILES string of the molecule is CC(C)(C)Cc1nc2ccc(Cl)c(Cl)c2o1. The lowest BCUT2D eigenvalue weighted by molar-refractivity contribution is 0.362. The van der Waals surface area contributed by atoms with Crippen LogP contribution < -0.4 is 0 Å². The zero-order chi connectivity index (χ0) is 11.9. The van der Waals surface area contributed by atoms with Crippen LogP contribution in [0.3, 0.4) is 0 Å². The average molecular weight is 258 g/mol. The van der Waals surface area contributed by atoms with Gasteiger partial charge in [-0.1, -0.05) is 44.0 Å². The third kappa shape index (κ3) is 2.33. The van der Waals surface area contributed by atoms with E-state index in [1.54, 1.807) is 6.07 Å². The number of hydrogen-bond donors (Lipinski definition) is 0. The van der Waals surface area contributed by atoms with Crippen molar-refractivity contribution in [2.75, 3.05) is 0 Å². The molecule has 0 bridgehead atoms. The van der Waals surface area contributed by atoms with Crippen molar-refractivity contribution >= 4 is 34.3 Å². The summed E-state index contributed by atoms with van der Waals surface area (Å²) in [7, 11) is 0. The van der Waals surface area contributed by atoms with Crippen LogP contribution in [0.2, 0.25) is 10.0 Å². The van der Waals surface area contributed by atoms with Crippen molar-refractivity contribution in [3.05, 3.63) is 28.1 Å². The van der Waals surface area contributed by atoms with Crippen LogP contribution >= 0.6 is 23.2 Å². The predicted molar refractivity (Wildman–Crippen MR) is 67.2 cm³/mol. The van der Waals surface area contributed by atoms with Crippen LogP contribution in [0.5, 0.6) is 0 Å². The molecular formula is C12H13Cl2NO. The number of rotatable bonds is 1. The van der Waals surface area contributed by atoms with E-state index in [0.29, 0.717) is 21.5 Å². The Morgan fingerprint density at radius 1 is 1.25 bits per heavy atom. The molecule has 0 N–H and O–H groups in total. The number of nitrogens with zero attached hydrogens (tertiary/aromatic N) is 1. The maximum Gasteiger partial charge on any atom is 0.196 e. The van der Waals surface area contributed by atoms with Crippen molar-refractivity contribution in [2.24, 2.45) is 5.41 Å². The lowest BCUT2D eigenvalue weighted by atomic mass is 9.92. The fourth-order valence-corrected chi connectivity index (χ4v) is 1.86. The van der Waals surface area contributed by atoms with E-state index in [4.69, 9.17) is 27.6 Å². The maximum atomic E-state index is 6.04. The van der Waals surface area contributed by atoms with E-state index in [9.17, 15) is 0 Å². The number of oxazole rings is 1. The van der Waals surface area contributed by atoms with Gasteiger partial charge >= 0.3 is 0 Å². The molecule has 0 radical (unpaired) electrons. The number of hydrogen-bond acceptors (Lipinski definition) is 2. The Kier molecular flexibility index (Phi) is 2.89. The molecule has 16 heavy (non-hydrogen) atoms. The largest absolute Gasteiger partial charge is 0.439 e. The van der Waals surface area contributed by atoms with Crippen molar-refractivity contribution in [1.29, 1.82) is 0 Å². The topological polar surface area (TPSA) is 26.0 Å². The van der Waals surface area contributed by atoms with Gasteiger partial charge in [0.05, 0.1) is 5.02 Å². The molecule has 2 aromatic rings. The minimum atomic E-state index is 0.136. The molecule has 0 spiro atoms. The Labute approximate surface area is 105 Å². The molecule has 86 valence electrons. The highest BCUT2D eigenvalue weighted by atomic mass is 35.5. The molecule has 0 saturated carbocycles. The number of halogens is 2. The van der Waals surface area contributed by atoms with Crippen LogP contribution in [-0.4, -0.2) is 4.98 Å². The fraction of sp³-hybridized carbons (Fsp3) is 0.417. The summed E-state index contributed by atoms with van der Waals surface area (Å²) in [6.45, 7) is 6.41. The summed E-state index contributed by atoms with van der Waals surface area (Å²) >= 11 is 12.0. The normalized spacial score (nSPS) is 12.3. The summed E-state index contributed by atoms with van der Waals surface area (Å²) in [6, 6.07) is 3.55. The first-order chi connectivity index (χ1) is 7.37. The summed E-state index contributed by atoms with van der Waals surface area (Å²) < 4.78 is 5.63. The maximum absolute atomic E-state index is 6.04. The Balaban J connectivity index is 2.48. The lowest BCUT2D eigenvalue weighted by Crippen LogP contribution is -2.09. The third-order valence-corrected chi connectivity index (χ3v) is 2.96. The third-order valence-electron chi connectivity index (χ3n) is 2.18. The molecule has 0 fully saturated rings. The molecule has 0 saturated heterocycles. The van der Waals surface area contributed by atoms with Gasteiger partial charge in [-0.3, -0.25) is 0 Å². The quantitative estimate of drug-likeness (QED) is 0.739. The molecule has 1 aromatic heterocycles. The van der Waals surface area contributed by atoms with Crippen LogP contribution in [0.4, 0.5) is 0 Å². The summed E-state index contributed by atoms with van der Waals surface area (Å²) in [5.41, 5.74) is 1.47. The molecule has 1 aromatic carbocycles. The van der Waals surface area contributed by atoms with Gasteiger partial charge in [-0.15, -0.1) is 0 Å². The monoisotopic (exact) mass is 257 g/mol. The van der Waals surface area contributed by atoms with Gasteiger partial charge in [-0.25, -0.2) is 4.98 Å². The van der Waals surface area contributed by atoms with Crippen molar-refractivity contribution in [3.63, 3.8) is 0 Å². The van der Waals surface area contributed by atoms with Crippen LogP contribution in [0, 0.1) is 5.41 Å². The second kappa shape index (κ2) is 3.94. The summed E-state index contributed by atoms with van der Waals surface area (Å²) in [4.78, 5) is 4.39. The molecular weight excluding hydrogens is 245 g/mol. The second-order valence-corrected chi connectivity index (χ2v) is 5.84. The molecule has 4 heteroatoms. The van der Waals surface area contributed by atoms with Gasteiger partial charge in [0.1, 0.15) is 10.5 Å². The zero-order valence-corrected chi connectivity index (χ0v) is 11.0. The molecule has 2 rings (SSSR count). The lowest BCUT2D eigenvalue weighted by Gasteiger charge is -2.14. The summed E-state index contributed by atoms with van der Waals surface area (Å²) in [6.07, 6.45) is 0.773. The molecule has 1 heterocycles. The smallest absolute Gasteiger partial charge is 0.196 e. The number of fused-ring (bicyclic) bond motifs is 1. The van der Waals surface area contributed by atoms with Crippen LogP contribution in [0.1, 0.15) is 26.7 Å². The highest BCUT2D eigenvalue weighted by Crippen LogP contribution is 2.32. The van der Waals surface area contributed by atoms with Gasteiger partial charge in [-0.05, 0) is 17.5 Å². The molecule has 0 aliphatic heterocycles. The molecule has 0 atom stereocenters. The Morgan fingerprint density at radius 2 is 1.94 bits per heavy atom. The first kappa shape index (κ1) is 11.7. The number of benzene rings is 1. The van der Waals surface area contributed by atoms with Gasteiger partial charge in [0, 0.05) is 6.42 Å². The van der Waals surface area contributed by atoms with Gasteiger partial charge in [0.15, 0.2) is 11.5 Å². The summed E-state index contributed by atoms with van der Waals surface area (Å²) in [5, 5.41) is 0.930. The Hall–Kier alpha value is -0.730. The van der Waals surface area contributed by atoms with Crippen LogP contribution in [0.25, 0.3) is 11.1 Å². The Bertz CT molecular complexity index is 526. The average Bonchev–Trinajstić information content (AvgIpc) is 2.52. The summed E-state index contributed by atoms with van der Waals surface area (Å²) in [5.74, 6) is 0.701. The van der Waals surface area contributed by atoms with E-state index in [2.05, 4.69) is 25.8 Å². The van der Waals surface area contributed by atoms with E-state index in [1.807, 2.05) is 6.07 Å². The Morgan fingerprint density at radius 3 is 2.56 bits per heavy atom. The molecule has 0 unspecified atom stereocenters. The molecule has 2 nitrogen and oxygen atoms in total. The first-order valence-electron chi connectivity index (χ1n) is 5.10. The van der Waals surface area contributed by atoms with Crippen molar-refractivity contribution in [1.82, 2.24) is 4.98 Å². The molecule has 0 aliphatic rings. The fourth-order valence-electron chi connectivity index (χ4n) is 1.51. The van der Waals surface area contributed by atoms with Gasteiger partial charge in [-0.2, -0.15) is 0 Å². The van der Waals surface area contributed by atoms with E-state index < -0.39 is 0 Å². The van der Waals surface area contributed by atoms with E-state index in [1.165, 1.54) is 0 Å². The van der Waals surface area contributed by atoms with Crippen molar-refractivity contribution < 1.29 is 4.42 Å². The standard InChI is InChI=1S/C12H13Cl2NO/c1-12(2,3)6-9-15-8-5-4-7(13)10(14)11(8)16-9/h4-5H,6H2,1-3H3.